The van der Waals surface area contributed by atoms with E-state index < -0.39 is 0 Å². The van der Waals surface area contributed by atoms with Gasteiger partial charge in [-0.2, -0.15) is 0 Å². The molecule has 0 radical (unpaired) electrons. The maximum atomic E-state index is 5.77. The highest BCUT2D eigenvalue weighted by Gasteiger charge is 2.06. The normalized spacial score (nSPS) is 12.8. The van der Waals surface area contributed by atoms with Gasteiger partial charge in [0.1, 0.15) is 0 Å². The molecule has 0 spiro atoms. The van der Waals surface area contributed by atoms with E-state index in [2.05, 4.69) is 13.8 Å². The second-order valence-electron chi connectivity index (χ2n) is 5.63. The van der Waals surface area contributed by atoms with Crippen molar-refractivity contribution in [3.05, 3.63) is 0 Å². The zero-order valence-corrected chi connectivity index (χ0v) is 13.9. The van der Waals surface area contributed by atoms with Crippen LogP contribution in [0.25, 0.3) is 0 Å². The van der Waals surface area contributed by atoms with Crippen LogP contribution in [0.2, 0.25) is 0 Å². The SMILES string of the molecule is CCCCCCCOCC(CN)OCCCCCCC. The van der Waals surface area contributed by atoms with Crippen LogP contribution in [0.1, 0.15) is 78.1 Å². The molecule has 0 aromatic carbocycles. The summed E-state index contributed by atoms with van der Waals surface area (Å²) in [7, 11) is 0. The van der Waals surface area contributed by atoms with Gasteiger partial charge in [-0.05, 0) is 12.8 Å². The highest BCUT2D eigenvalue weighted by atomic mass is 16.5. The Morgan fingerprint density at radius 1 is 0.750 bits per heavy atom. The van der Waals surface area contributed by atoms with Crippen molar-refractivity contribution in [1.29, 1.82) is 0 Å². The van der Waals surface area contributed by atoms with Crippen molar-refractivity contribution in [2.24, 2.45) is 5.73 Å². The van der Waals surface area contributed by atoms with E-state index in [1.54, 1.807) is 0 Å². The number of hydrogen-bond acceptors (Lipinski definition) is 3. The van der Waals surface area contributed by atoms with Gasteiger partial charge < -0.3 is 15.2 Å². The molecule has 1 unspecified atom stereocenters. The van der Waals surface area contributed by atoms with Crippen LogP contribution >= 0.6 is 0 Å². The molecule has 0 heterocycles. The molecular formula is C17H37NO2. The Morgan fingerprint density at radius 2 is 1.30 bits per heavy atom. The fourth-order valence-electron chi connectivity index (χ4n) is 2.16. The summed E-state index contributed by atoms with van der Waals surface area (Å²) in [4.78, 5) is 0. The maximum Gasteiger partial charge on any atom is 0.0930 e. The summed E-state index contributed by atoms with van der Waals surface area (Å²) in [5, 5.41) is 0. The van der Waals surface area contributed by atoms with Crippen LogP contribution in [0.15, 0.2) is 0 Å². The molecule has 20 heavy (non-hydrogen) atoms. The molecule has 0 fully saturated rings. The molecule has 0 amide bonds. The molecule has 0 aliphatic heterocycles. The Morgan fingerprint density at radius 3 is 1.85 bits per heavy atom. The summed E-state index contributed by atoms with van der Waals surface area (Å²) in [6.07, 6.45) is 12.8. The molecule has 0 saturated carbocycles. The molecular weight excluding hydrogens is 250 g/mol. The lowest BCUT2D eigenvalue weighted by Gasteiger charge is -2.16. The molecule has 0 bridgehead atoms. The second kappa shape index (κ2) is 16.9. The maximum absolute atomic E-state index is 5.77. The van der Waals surface area contributed by atoms with E-state index in [1.807, 2.05) is 0 Å². The third-order valence-corrected chi connectivity index (χ3v) is 3.56. The Bertz CT molecular complexity index is 176. The fraction of sp³-hybridized carbons (Fsp3) is 1.00. The zero-order chi connectivity index (χ0) is 14.9. The second-order valence-corrected chi connectivity index (χ2v) is 5.63. The minimum atomic E-state index is 0.0804. The van der Waals surface area contributed by atoms with Crippen LogP contribution in [0.4, 0.5) is 0 Å². The quantitative estimate of drug-likeness (QED) is 0.431. The molecule has 0 aliphatic rings. The first-order chi connectivity index (χ1) is 9.85. The van der Waals surface area contributed by atoms with Crippen LogP contribution in [0, 0.1) is 0 Å². The van der Waals surface area contributed by atoms with Crippen molar-refractivity contribution < 1.29 is 9.47 Å². The minimum absolute atomic E-state index is 0.0804. The van der Waals surface area contributed by atoms with Crippen LogP contribution < -0.4 is 5.73 Å². The molecule has 0 rings (SSSR count). The third kappa shape index (κ3) is 14.3. The van der Waals surface area contributed by atoms with Gasteiger partial charge in [0.25, 0.3) is 0 Å². The van der Waals surface area contributed by atoms with Gasteiger partial charge in [0.05, 0.1) is 12.7 Å². The lowest BCUT2D eigenvalue weighted by molar-refractivity contribution is -0.0136. The van der Waals surface area contributed by atoms with Crippen LogP contribution in [0.3, 0.4) is 0 Å². The van der Waals surface area contributed by atoms with Crippen molar-refractivity contribution in [2.45, 2.75) is 84.2 Å². The molecule has 2 N–H and O–H groups in total. The third-order valence-electron chi connectivity index (χ3n) is 3.56. The lowest BCUT2D eigenvalue weighted by atomic mass is 10.2. The van der Waals surface area contributed by atoms with E-state index in [9.17, 15) is 0 Å². The van der Waals surface area contributed by atoms with Gasteiger partial charge in [0.15, 0.2) is 0 Å². The highest BCUT2D eigenvalue weighted by Crippen LogP contribution is 2.05. The minimum Gasteiger partial charge on any atom is -0.379 e. The Kier molecular flexibility index (Phi) is 16.8. The van der Waals surface area contributed by atoms with Crippen LogP contribution in [-0.4, -0.2) is 32.5 Å². The van der Waals surface area contributed by atoms with Gasteiger partial charge in [0, 0.05) is 19.8 Å². The van der Waals surface area contributed by atoms with Gasteiger partial charge in [-0.3, -0.25) is 0 Å². The Balaban J connectivity index is 3.29. The zero-order valence-electron chi connectivity index (χ0n) is 13.9. The first-order valence-corrected chi connectivity index (χ1v) is 8.74. The topological polar surface area (TPSA) is 44.5 Å². The molecule has 0 saturated heterocycles. The average Bonchev–Trinajstić information content (AvgIpc) is 2.47. The lowest BCUT2D eigenvalue weighted by Crippen LogP contribution is -2.29. The first kappa shape index (κ1) is 19.9. The van der Waals surface area contributed by atoms with Crippen molar-refractivity contribution in [1.82, 2.24) is 0 Å². The summed E-state index contributed by atoms with van der Waals surface area (Å²) in [5.74, 6) is 0. The van der Waals surface area contributed by atoms with Gasteiger partial charge >= 0.3 is 0 Å². The number of hydrogen-bond donors (Lipinski definition) is 1. The summed E-state index contributed by atoms with van der Waals surface area (Å²) in [5.41, 5.74) is 5.71. The number of ether oxygens (including phenoxy) is 2. The van der Waals surface area contributed by atoms with E-state index in [-0.39, 0.29) is 6.10 Å². The van der Waals surface area contributed by atoms with Crippen LogP contribution in [-0.2, 0) is 9.47 Å². The van der Waals surface area contributed by atoms with Gasteiger partial charge in [0.2, 0.25) is 0 Å². The molecule has 1 atom stereocenters. The predicted molar refractivity (Wildman–Crippen MR) is 87.1 cm³/mol. The predicted octanol–water partition coefficient (Wildman–Crippen LogP) is 4.29. The van der Waals surface area contributed by atoms with E-state index in [4.69, 9.17) is 15.2 Å². The monoisotopic (exact) mass is 287 g/mol. The smallest absolute Gasteiger partial charge is 0.0930 e. The fourth-order valence-corrected chi connectivity index (χ4v) is 2.16. The molecule has 0 aromatic heterocycles. The van der Waals surface area contributed by atoms with Crippen molar-refractivity contribution in [3.63, 3.8) is 0 Å². The van der Waals surface area contributed by atoms with E-state index in [0.29, 0.717) is 13.2 Å². The van der Waals surface area contributed by atoms with E-state index in [0.717, 1.165) is 26.1 Å². The Hall–Kier alpha value is -0.120. The van der Waals surface area contributed by atoms with E-state index >= 15 is 0 Å². The average molecular weight is 287 g/mol. The molecule has 0 aromatic rings. The van der Waals surface area contributed by atoms with Gasteiger partial charge in [-0.1, -0.05) is 65.2 Å². The largest absolute Gasteiger partial charge is 0.379 e. The van der Waals surface area contributed by atoms with Crippen molar-refractivity contribution in [2.75, 3.05) is 26.4 Å². The van der Waals surface area contributed by atoms with E-state index in [1.165, 1.54) is 51.4 Å². The number of nitrogens with two attached hydrogens (primary N) is 1. The van der Waals surface area contributed by atoms with Crippen molar-refractivity contribution in [3.8, 4) is 0 Å². The summed E-state index contributed by atoms with van der Waals surface area (Å²) < 4.78 is 11.4. The molecule has 3 heteroatoms. The summed E-state index contributed by atoms with van der Waals surface area (Å²) >= 11 is 0. The Labute approximate surface area is 126 Å². The highest BCUT2D eigenvalue weighted by molar-refractivity contribution is 4.57. The number of unbranched alkanes of at least 4 members (excludes halogenated alkanes) is 8. The summed E-state index contributed by atoms with van der Waals surface area (Å²) in [6.45, 7) is 7.36. The van der Waals surface area contributed by atoms with Gasteiger partial charge in [-0.25, -0.2) is 0 Å². The molecule has 122 valence electrons. The van der Waals surface area contributed by atoms with Crippen LogP contribution in [0.5, 0.6) is 0 Å². The standard InChI is InChI=1S/C17H37NO2/c1-3-5-7-9-11-13-19-16-17(15-18)20-14-12-10-8-6-4-2/h17H,3-16,18H2,1-2H3. The van der Waals surface area contributed by atoms with Gasteiger partial charge in [-0.15, -0.1) is 0 Å². The molecule has 3 nitrogen and oxygen atoms in total. The summed E-state index contributed by atoms with van der Waals surface area (Å²) in [6, 6.07) is 0. The number of rotatable bonds is 16. The molecule has 0 aliphatic carbocycles. The van der Waals surface area contributed by atoms with Crippen molar-refractivity contribution >= 4 is 0 Å². The first-order valence-electron chi connectivity index (χ1n) is 8.74.